The van der Waals surface area contributed by atoms with Gasteiger partial charge in [0, 0.05) is 24.8 Å². The molecule has 0 aliphatic carbocycles. The van der Waals surface area contributed by atoms with Crippen LogP contribution in [0.2, 0.25) is 0 Å². The largest absolute Gasteiger partial charge is 0.573 e. The van der Waals surface area contributed by atoms with Crippen LogP contribution < -0.4 is 15.4 Å². The number of ether oxygens (including phenoxy) is 1. The van der Waals surface area contributed by atoms with Gasteiger partial charge < -0.3 is 20.5 Å². The predicted molar refractivity (Wildman–Crippen MR) is 104 cm³/mol. The van der Waals surface area contributed by atoms with Gasteiger partial charge in [-0.05, 0) is 30.7 Å². The van der Waals surface area contributed by atoms with E-state index in [0.29, 0.717) is 24.2 Å². The van der Waals surface area contributed by atoms with Crippen LogP contribution in [0.1, 0.15) is 6.42 Å². The first-order valence-electron chi connectivity index (χ1n) is 8.95. The standard InChI is InChI=1S/C20H18F4N4O2/c21-15-7-1-2-8-16(15)26-18-12-17(27-19(28-18)25-9-4-10-29)13-5-3-6-14(11-13)30-20(22,23)24/h1-3,5-8,11-12,29H,4,9-10H2,(H2,25,26,27,28). The van der Waals surface area contributed by atoms with Gasteiger partial charge in [0.1, 0.15) is 17.4 Å². The molecule has 0 amide bonds. The lowest BCUT2D eigenvalue weighted by Gasteiger charge is -2.13. The molecule has 10 heteroatoms. The average Bonchev–Trinajstić information content (AvgIpc) is 2.69. The molecule has 0 aliphatic heterocycles. The van der Waals surface area contributed by atoms with Crippen LogP contribution in [0.3, 0.4) is 0 Å². The Hall–Kier alpha value is -3.40. The fourth-order valence-electron chi connectivity index (χ4n) is 2.57. The summed E-state index contributed by atoms with van der Waals surface area (Å²) in [4.78, 5) is 8.56. The van der Waals surface area contributed by atoms with E-state index in [1.54, 1.807) is 18.2 Å². The third-order valence-electron chi connectivity index (χ3n) is 3.84. The van der Waals surface area contributed by atoms with Crippen molar-refractivity contribution in [1.29, 1.82) is 0 Å². The molecule has 0 aliphatic rings. The van der Waals surface area contributed by atoms with Gasteiger partial charge in [-0.1, -0.05) is 24.3 Å². The summed E-state index contributed by atoms with van der Waals surface area (Å²) in [6, 6.07) is 12.8. The van der Waals surface area contributed by atoms with E-state index in [2.05, 4.69) is 25.3 Å². The molecule has 0 fully saturated rings. The maximum atomic E-state index is 14.0. The van der Waals surface area contributed by atoms with E-state index in [4.69, 9.17) is 5.11 Å². The molecular weight excluding hydrogens is 404 g/mol. The molecule has 0 atom stereocenters. The SMILES string of the molecule is OCCCNc1nc(Nc2ccccc2F)cc(-c2cccc(OC(F)(F)F)c2)n1. The number of benzene rings is 2. The van der Waals surface area contributed by atoms with Crippen molar-refractivity contribution in [2.75, 3.05) is 23.8 Å². The minimum absolute atomic E-state index is 0.0378. The van der Waals surface area contributed by atoms with Gasteiger partial charge in [-0.3, -0.25) is 0 Å². The van der Waals surface area contributed by atoms with E-state index in [9.17, 15) is 17.6 Å². The molecule has 0 saturated heterocycles. The van der Waals surface area contributed by atoms with E-state index >= 15 is 0 Å². The second-order valence-corrected chi connectivity index (χ2v) is 6.15. The normalized spacial score (nSPS) is 11.2. The van der Waals surface area contributed by atoms with Gasteiger partial charge in [-0.25, -0.2) is 9.37 Å². The number of nitrogens with one attached hydrogen (secondary N) is 2. The molecule has 3 aromatic rings. The van der Waals surface area contributed by atoms with Crippen molar-refractivity contribution < 1.29 is 27.4 Å². The van der Waals surface area contributed by atoms with Crippen molar-refractivity contribution in [2.24, 2.45) is 0 Å². The monoisotopic (exact) mass is 422 g/mol. The van der Waals surface area contributed by atoms with Crippen molar-refractivity contribution in [3.63, 3.8) is 0 Å². The summed E-state index contributed by atoms with van der Waals surface area (Å²) in [5, 5.41) is 14.7. The Kier molecular flexibility index (Phi) is 6.68. The highest BCUT2D eigenvalue weighted by atomic mass is 19.4. The Morgan fingerprint density at radius 3 is 2.53 bits per heavy atom. The van der Waals surface area contributed by atoms with E-state index in [-0.39, 0.29) is 24.1 Å². The molecule has 0 radical (unpaired) electrons. The predicted octanol–water partition coefficient (Wildman–Crippen LogP) is 4.72. The smallest absolute Gasteiger partial charge is 0.406 e. The highest BCUT2D eigenvalue weighted by Crippen LogP contribution is 2.29. The Balaban J connectivity index is 1.95. The minimum atomic E-state index is -4.82. The van der Waals surface area contributed by atoms with Gasteiger partial charge >= 0.3 is 6.36 Å². The second-order valence-electron chi connectivity index (χ2n) is 6.15. The van der Waals surface area contributed by atoms with Gasteiger partial charge in [0.05, 0.1) is 11.4 Å². The van der Waals surface area contributed by atoms with E-state index < -0.39 is 17.9 Å². The molecule has 0 spiro atoms. The molecular formula is C20H18F4N4O2. The van der Waals surface area contributed by atoms with Crippen LogP contribution in [0.15, 0.2) is 54.6 Å². The summed E-state index contributed by atoms with van der Waals surface area (Å²) in [5.41, 5.74) is 0.821. The van der Waals surface area contributed by atoms with Crippen LogP contribution in [0.25, 0.3) is 11.3 Å². The van der Waals surface area contributed by atoms with Gasteiger partial charge in [-0.15, -0.1) is 13.2 Å². The quantitative estimate of drug-likeness (QED) is 0.360. The Labute approximate surface area is 169 Å². The highest BCUT2D eigenvalue weighted by Gasteiger charge is 2.31. The van der Waals surface area contributed by atoms with E-state index in [1.807, 2.05) is 0 Å². The van der Waals surface area contributed by atoms with Crippen LogP contribution in [0.4, 0.5) is 35.0 Å². The van der Waals surface area contributed by atoms with Crippen molar-refractivity contribution in [1.82, 2.24) is 9.97 Å². The molecule has 0 bridgehead atoms. The number of para-hydroxylation sites is 1. The Morgan fingerprint density at radius 1 is 1.00 bits per heavy atom. The average molecular weight is 422 g/mol. The lowest BCUT2D eigenvalue weighted by molar-refractivity contribution is -0.274. The number of alkyl halides is 3. The van der Waals surface area contributed by atoms with Gasteiger partial charge in [0.15, 0.2) is 0 Å². The Morgan fingerprint density at radius 2 is 1.80 bits per heavy atom. The number of rotatable bonds is 8. The second kappa shape index (κ2) is 9.40. The molecule has 1 heterocycles. The Bertz CT molecular complexity index is 999. The van der Waals surface area contributed by atoms with Crippen molar-refractivity contribution in [3.05, 3.63) is 60.4 Å². The number of aromatic nitrogens is 2. The van der Waals surface area contributed by atoms with Gasteiger partial charge in [0.25, 0.3) is 0 Å². The van der Waals surface area contributed by atoms with Crippen LogP contribution in [0.5, 0.6) is 5.75 Å². The van der Waals surface area contributed by atoms with E-state index in [0.717, 1.165) is 0 Å². The minimum Gasteiger partial charge on any atom is -0.406 e. The summed E-state index contributed by atoms with van der Waals surface area (Å²) < 4.78 is 55.5. The first kappa shape index (κ1) is 21.3. The summed E-state index contributed by atoms with van der Waals surface area (Å²) >= 11 is 0. The third-order valence-corrected chi connectivity index (χ3v) is 3.84. The van der Waals surface area contributed by atoms with Crippen LogP contribution in [-0.2, 0) is 0 Å². The van der Waals surface area contributed by atoms with E-state index in [1.165, 1.54) is 36.4 Å². The van der Waals surface area contributed by atoms with Crippen LogP contribution in [-0.4, -0.2) is 34.6 Å². The summed E-state index contributed by atoms with van der Waals surface area (Å²) in [7, 11) is 0. The van der Waals surface area contributed by atoms with Gasteiger partial charge in [-0.2, -0.15) is 4.98 Å². The van der Waals surface area contributed by atoms with Crippen LogP contribution in [0, 0.1) is 5.82 Å². The molecule has 0 unspecified atom stereocenters. The fourth-order valence-corrected chi connectivity index (χ4v) is 2.57. The van der Waals surface area contributed by atoms with Crippen molar-refractivity contribution in [2.45, 2.75) is 12.8 Å². The molecule has 2 aromatic carbocycles. The molecule has 3 rings (SSSR count). The number of aliphatic hydroxyl groups is 1. The number of halogens is 4. The summed E-state index contributed by atoms with van der Waals surface area (Å²) in [5.74, 6) is -0.481. The fraction of sp³-hybridized carbons (Fsp3) is 0.200. The molecule has 0 saturated carbocycles. The first-order valence-corrected chi connectivity index (χ1v) is 8.95. The maximum absolute atomic E-state index is 14.0. The number of nitrogens with zero attached hydrogens (tertiary/aromatic N) is 2. The summed E-state index contributed by atoms with van der Waals surface area (Å²) in [6.45, 7) is 0.333. The number of aliphatic hydroxyl groups excluding tert-OH is 1. The molecule has 6 nitrogen and oxygen atoms in total. The highest BCUT2D eigenvalue weighted by molar-refractivity contribution is 5.68. The summed E-state index contributed by atoms with van der Waals surface area (Å²) in [6.07, 6.45) is -4.38. The number of hydrogen-bond acceptors (Lipinski definition) is 6. The van der Waals surface area contributed by atoms with Crippen molar-refractivity contribution in [3.8, 4) is 17.0 Å². The zero-order valence-electron chi connectivity index (χ0n) is 15.6. The van der Waals surface area contributed by atoms with Crippen LogP contribution >= 0.6 is 0 Å². The molecule has 30 heavy (non-hydrogen) atoms. The first-order chi connectivity index (χ1) is 14.3. The van der Waals surface area contributed by atoms with Gasteiger partial charge in [0.2, 0.25) is 5.95 Å². The lowest BCUT2D eigenvalue weighted by Crippen LogP contribution is -2.17. The molecule has 3 N–H and O–H groups in total. The topological polar surface area (TPSA) is 79.3 Å². The van der Waals surface area contributed by atoms with Crippen molar-refractivity contribution >= 4 is 17.5 Å². The third kappa shape index (κ3) is 6.05. The lowest BCUT2D eigenvalue weighted by atomic mass is 10.1. The zero-order valence-corrected chi connectivity index (χ0v) is 15.6. The number of hydrogen-bond donors (Lipinski definition) is 3. The molecule has 1 aromatic heterocycles. The number of anilines is 3. The molecule has 158 valence electrons. The zero-order chi connectivity index (χ0) is 21.6. The maximum Gasteiger partial charge on any atom is 0.573 e.